The number of rotatable bonds is 3. The normalized spacial score (nSPS) is 12.4. The first-order valence-corrected chi connectivity index (χ1v) is 4.69. The van der Waals surface area contributed by atoms with Gasteiger partial charge in [0.1, 0.15) is 0 Å². The topological polar surface area (TPSA) is 80.4 Å². The van der Waals surface area contributed by atoms with Gasteiger partial charge in [-0.3, -0.25) is 4.79 Å². The van der Waals surface area contributed by atoms with Crippen LogP contribution in [-0.2, 0) is 22.3 Å². The highest BCUT2D eigenvalue weighted by atomic mass is 32.2. The standard InChI is InChI=1S/C8H9NO3S/c9-8(10)5-6-3-1-2-4-7(6)13(11)12/h1-4H,5H2,(H2,9,10)(H,11,12). The number of benzene rings is 1. The lowest BCUT2D eigenvalue weighted by Gasteiger charge is -2.02. The molecule has 5 heteroatoms. The van der Waals surface area contributed by atoms with Gasteiger partial charge < -0.3 is 10.3 Å². The van der Waals surface area contributed by atoms with Gasteiger partial charge in [0.05, 0.1) is 11.3 Å². The maximum absolute atomic E-state index is 10.8. The molecule has 0 radical (unpaired) electrons. The Morgan fingerprint density at radius 2 is 2.08 bits per heavy atom. The highest BCUT2D eigenvalue weighted by Gasteiger charge is 2.08. The Morgan fingerprint density at radius 1 is 1.46 bits per heavy atom. The average Bonchev–Trinajstić information content (AvgIpc) is 2.03. The Bertz CT molecular complexity index is 351. The molecule has 0 saturated carbocycles. The molecular formula is C8H9NO3S. The summed E-state index contributed by atoms with van der Waals surface area (Å²) in [7, 11) is 0. The van der Waals surface area contributed by atoms with Crippen molar-refractivity contribution < 1.29 is 13.6 Å². The summed E-state index contributed by atoms with van der Waals surface area (Å²) in [5.74, 6) is -0.516. The van der Waals surface area contributed by atoms with Crippen LogP contribution >= 0.6 is 0 Å². The minimum Gasteiger partial charge on any atom is -0.369 e. The number of primary amides is 1. The third-order valence-electron chi connectivity index (χ3n) is 1.53. The minimum atomic E-state index is -2.06. The van der Waals surface area contributed by atoms with Crippen LogP contribution < -0.4 is 5.73 Å². The second-order valence-corrected chi connectivity index (χ2v) is 3.44. The van der Waals surface area contributed by atoms with E-state index in [4.69, 9.17) is 10.3 Å². The molecule has 1 aromatic carbocycles. The molecule has 13 heavy (non-hydrogen) atoms. The third kappa shape index (κ3) is 2.64. The molecular weight excluding hydrogens is 190 g/mol. The number of carbonyl (C=O) groups excluding carboxylic acids is 1. The maximum Gasteiger partial charge on any atom is 0.221 e. The van der Waals surface area contributed by atoms with Crippen molar-refractivity contribution in [2.24, 2.45) is 5.73 Å². The van der Waals surface area contributed by atoms with E-state index in [1.807, 2.05) is 0 Å². The van der Waals surface area contributed by atoms with Crippen LogP contribution in [0.3, 0.4) is 0 Å². The first-order chi connectivity index (χ1) is 6.11. The molecule has 3 N–H and O–H groups in total. The fourth-order valence-electron chi connectivity index (χ4n) is 1.01. The van der Waals surface area contributed by atoms with Crippen LogP contribution in [0.25, 0.3) is 0 Å². The first-order valence-electron chi connectivity index (χ1n) is 3.58. The molecule has 0 aromatic heterocycles. The van der Waals surface area contributed by atoms with E-state index in [0.717, 1.165) is 0 Å². The molecule has 1 amide bonds. The lowest BCUT2D eigenvalue weighted by molar-refractivity contribution is -0.117. The predicted octanol–water partition coefficient (Wildman–Crippen LogP) is 0.295. The van der Waals surface area contributed by atoms with Gasteiger partial charge in [0.25, 0.3) is 0 Å². The van der Waals surface area contributed by atoms with Gasteiger partial charge in [0, 0.05) is 0 Å². The van der Waals surface area contributed by atoms with E-state index in [2.05, 4.69) is 0 Å². The van der Waals surface area contributed by atoms with Crippen molar-refractivity contribution in [2.75, 3.05) is 0 Å². The van der Waals surface area contributed by atoms with Crippen LogP contribution in [0.15, 0.2) is 29.2 Å². The van der Waals surface area contributed by atoms with Crippen molar-refractivity contribution in [3.8, 4) is 0 Å². The van der Waals surface area contributed by atoms with Crippen LogP contribution in [0.1, 0.15) is 5.56 Å². The number of amides is 1. The Hall–Kier alpha value is -1.20. The van der Waals surface area contributed by atoms with Crippen molar-refractivity contribution in [3.63, 3.8) is 0 Å². The monoisotopic (exact) mass is 199 g/mol. The molecule has 0 saturated heterocycles. The number of nitrogens with two attached hydrogens (primary N) is 1. The van der Waals surface area contributed by atoms with E-state index in [1.54, 1.807) is 18.2 Å². The van der Waals surface area contributed by atoms with Crippen LogP contribution in [0, 0.1) is 0 Å². The zero-order valence-corrected chi connectivity index (χ0v) is 7.58. The molecule has 0 spiro atoms. The van der Waals surface area contributed by atoms with E-state index >= 15 is 0 Å². The summed E-state index contributed by atoms with van der Waals surface area (Å²) in [6.45, 7) is 0. The zero-order chi connectivity index (χ0) is 9.84. The van der Waals surface area contributed by atoms with Gasteiger partial charge in [-0.05, 0) is 11.6 Å². The molecule has 1 rings (SSSR count). The van der Waals surface area contributed by atoms with E-state index in [9.17, 15) is 9.00 Å². The van der Waals surface area contributed by atoms with E-state index < -0.39 is 17.0 Å². The highest BCUT2D eigenvalue weighted by Crippen LogP contribution is 2.12. The summed E-state index contributed by atoms with van der Waals surface area (Å²) in [6, 6.07) is 6.42. The molecule has 0 aliphatic heterocycles. The number of hydrogen-bond acceptors (Lipinski definition) is 2. The number of carbonyl (C=O) groups is 1. The molecule has 4 nitrogen and oxygen atoms in total. The summed E-state index contributed by atoms with van der Waals surface area (Å²) < 4.78 is 19.6. The molecule has 0 aliphatic carbocycles. The van der Waals surface area contributed by atoms with Crippen molar-refractivity contribution in [1.82, 2.24) is 0 Å². The van der Waals surface area contributed by atoms with Crippen molar-refractivity contribution in [3.05, 3.63) is 29.8 Å². The van der Waals surface area contributed by atoms with E-state index in [-0.39, 0.29) is 11.3 Å². The minimum absolute atomic E-state index is 0.0114. The summed E-state index contributed by atoms with van der Waals surface area (Å²) in [6.07, 6.45) is -0.0114. The molecule has 0 fully saturated rings. The lowest BCUT2D eigenvalue weighted by Crippen LogP contribution is -2.14. The number of hydrogen-bond donors (Lipinski definition) is 2. The summed E-state index contributed by atoms with van der Waals surface area (Å²) in [5.41, 5.74) is 5.47. The Morgan fingerprint density at radius 3 is 2.62 bits per heavy atom. The SMILES string of the molecule is NC(=O)Cc1ccccc1S(=O)O. The Balaban J connectivity index is 3.04. The summed E-state index contributed by atoms with van der Waals surface area (Å²) >= 11 is -2.06. The van der Waals surface area contributed by atoms with E-state index in [1.165, 1.54) is 6.07 Å². The van der Waals surface area contributed by atoms with Crippen LogP contribution in [-0.4, -0.2) is 14.7 Å². The fraction of sp³-hybridized carbons (Fsp3) is 0.125. The van der Waals surface area contributed by atoms with Crippen molar-refractivity contribution >= 4 is 17.0 Å². The molecule has 1 aromatic rings. The quantitative estimate of drug-likeness (QED) is 0.687. The molecule has 0 bridgehead atoms. The van der Waals surface area contributed by atoms with Gasteiger partial charge in [-0.15, -0.1) is 0 Å². The first kappa shape index (κ1) is 9.88. The molecule has 1 unspecified atom stereocenters. The summed E-state index contributed by atoms with van der Waals surface area (Å²) in [5, 5.41) is 0. The lowest BCUT2D eigenvalue weighted by atomic mass is 10.1. The van der Waals surface area contributed by atoms with Crippen LogP contribution in [0.2, 0.25) is 0 Å². The van der Waals surface area contributed by atoms with Gasteiger partial charge in [-0.1, -0.05) is 18.2 Å². The average molecular weight is 199 g/mol. The molecule has 0 aliphatic rings. The van der Waals surface area contributed by atoms with Gasteiger partial charge >= 0.3 is 0 Å². The van der Waals surface area contributed by atoms with Crippen LogP contribution in [0.4, 0.5) is 0 Å². The Kier molecular flexibility index (Phi) is 3.16. The van der Waals surface area contributed by atoms with Crippen molar-refractivity contribution in [2.45, 2.75) is 11.3 Å². The van der Waals surface area contributed by atoms with Crippen LogP contribution in [0.5, 0.6) is 0 Å². The second-order valence-electron chi connectivity index (χ2n) is 2.50. The van der Waals surface area contributed by atoms with Gasteiger partial charge in [-0.25, -0.2) is 4.21 Å². The van der Waals surface area contributed by atoms with Crippen molar-refractivity contribution in [1.29, 1.82) is 0 Å². The molecule has 1 atom stereocenters. The highest BCUT2D eigenvalue weighted by molar-refractivity contribution is 7.79. The fourth-order valence-corrected chi connectivity index (χ4v) is 1.57. The molecule has 0 heterocycles. The zero-order valence-electron chi connectivity index (χ0n) is 6.77. The smallest absolute Gasteiger partial charge is 0.221 e. The predicted molar refractivity (Wildman–Crippen MR) is 48.4 cm³/mol. The maximum atomic E-state index is 10.8. The Labute approximate surface area is 78.0 Å². The summed E-state index contributed by atoms with van der Waals surface area (Å²) in [4.78, 5) is 10.8. The largest absolute Gasteiger partial charge is 0.369 e. The second kappa shape index (κ2) is 4.15. The molecule has 70 valence electrons. The third-order valence-corrected chi connectivity index (χ3v) is 2.30. The van der Waals surface area contributed by atoms with Gasteiger partial charge in [0.2, 0.25) is 5.91 Å². The van der Waals surface area contributed by atoms with Gasteiger partial charge in [-0.2, -0.15) is 0 Å². The van der Waals surface area contributed by atoms with Gasteiger partial charge in [0.15, 0.2) is 11.1 Å². The van der Waals surface area contributed by atoms with E-state index in [0.29, 0.717) is 5.56 Å².